The van der Waals surface area contributed by atoms with Crippen molar-refractivity contribution in [1.82, 2.24) is 5.32 Å². The summed E-state index contributed by atoms with van der Waals surface area (Å²) in [5.74, 6) is 0. The quantitative estimate of drug-likeness (QED) is 0.537. The first-order valence-corrected chi connectivity index (χ1v) is 3.73. The zero-order chi connectivity index (χ0) is 7.83. The first kappa shape index (κ1) is 7.73. The van der Waals surface area contributed by atoms with Crippen LogP contribution in [0.15, 0.2) is 4.99 Å². The monoisotopic (exact) mass is 140 g/mol. The lowest BCUT2D eigenvalue weighted by Gasteiger charge is -2.33. The highest BCUT2D eigenvalue weighted by atomic mass is 15.1. The molecule has 58 valence electrons. The van der Waals surface area contributed by atoms with Crippen molar-refractivity contribution >= 4 is 6.21 Å². The highest BCUT2D eigenvalue weighted by Crippen LogP contribution is 2.14. The topological polar surface area (TPSA) is 24.4 Å². The van der Waals surface area contributed by atoms with E-state index in [-0.39, 0.29) is 11.1 Å². The Morgan fingerprint density at radius 1 is 1.30 bits per heavy atom. The summed E-state index contributed by atoms with van der Waals surface area (Å²) < 4.78 is 0. The predicted molar refractivity (Wildman–Crippen MR) is 44.7 cm³/mol. The van der Waals surface area contributed by atoms with Crippen molar-refractivity contribution in [3.63, 3.8) is 0 Å². The zero-order valence-corrected chi connectivity index (χ0v) is 7.23. The smallest absolute Gasteiger partial charge is 0.0673 e. The van der Waals surface area contributed by atoms with E-state index in [1.165, 1.54) is 0 Å². The highest BCUT2D eigenvalue weighted by molar-refractivity contribution is 5.70. The van der Waals surface area contributed by atoms with Crippen molar-refractivity contribution in [3.05, 3.63) is 0 Å². The van der Waals surface area contributed by atoms with Crippen LogP contribution in [0, 0.1) is 0 Å². The molecule has 1 N–H and O–H groups in total. The van der Waals surface area contributed by atoms with Crippen molar-refractivity contribution in [2.45, 2.75) is 38.8 Å². The summed E-state index contributed by atoms with van der Waals surface area (Å²) in [6.07, 6.45) is 2.00. The van der Waals surface area contributed by atoms with Crippen LogP contribution in [-0.2, 0) is 0 Å². The molecule has 0 bridgehead atoms. The van der Waals surface area contributed by atoms with Gasteiger partial charge in [-0.1, -0.05) is 0 Å². The summed E-state index contributed by atoms with van der Waals surface area (Å²) in [7, 11) is 0. The molecule has 0 saturated carbocycles. The molecule has 0 spiro atoms. The van der Waals surface area contributed by atoms with Crippen LogP contribution < -0.4 is 5.32 Å². The van der Waals surface area contributed by atoms with Gasteiger partial charge in [-0.3, -0.25) is 4.99 Å². The Morgan fingerprint density at radius 2 is 1.90 bits per heavy atom. The van der Waals surface area contributed by atoms with E-state index in [1.54, 1.807) is 0 Å². The molecule has 1 heterocycles. The van der Waals surface area contributed by atoms with E-state index in [2.05, 4.69) is 38.0 Å². The third kappa shape index (κ3) is 1.81. The molecule has 0 unspecified atom stereocenters. The summed E-state index contributed by atoms with van der Waals surface area (Å²) in [6.45, 7) is 9.49. The normalized spacial score (nSPS) is 28.4. The second-order valence-electron chi connectivity index (χ2n) is 4.15. The molecular formula is C8H16N2. The van der Waals surface area contributed by atoms with Gasteiger partial charge in [0.05, 0.1) is 5.54 Å². The Bertz CT molecular complexity index is 139. The molecule has 1 rings (SSSR count). The molecule has 0 fully saturated rings. The van der Waals surface area contributed by atoms with Crippen LogP contribution in [0.1, 0.15) is 27.7 Å². The summed E-state index contributed by atoms with van der Waals surface area (Å²) in [4.78, 5) is 4.43. The van der Waals surface area contributed by atoms with E-state index in [0.29, 0.717) is 0 Å². The van der Waals surface area contributed by atoms with E-state index in [1.807, 2.05) is 6.21 Å². The van der Waals surface area contributed by atoms with Gasteiger partial charge in [-0.05, 0) is 27.7 Å². The Hall–Kier alpha value is -0.370. The Balaban J connectivity index is 2.70. The van der Waals surface area contributed by atoms with Gasteiger partial charge in [0.2, 0.25) is 0 Å². The molecule has 0 atom stereocenters. The number of hydrogen-bond donors (Lipinski definition) is 1. The van der Waals surface area contributed by atoms with Crippen LogP contribution in [0.3, 0.4) is 0 Å². The number of hydrogen-bond acceptors (Lipinski definition) is 2. The lowest BCUT2D eigenvalue weighted by atomic mass is 9.98. The molecular weight excluding hydrogens is 124 g/mol. The van der Waals surface area contributed by atoms with Crippen molar-refractivity contribution in [3.8, 4) is 0 Å². The minimum atomic E-state index is 0.0928. The van der Waals surface area contributed by atoms with Gasteiger partial charge in [-0.15, -0.1) is 0 Å². The summed E-state index contributed by atoms with van der Waals surface area (Å²) in [5, 5.41) is 3.40. The van der Waals surface area contributed by atoms with Gasteiger partial charge in [0.1, 0.15) is 0 Å². The minimum absolute atomic E-state index is 0.0928. The fourth-order valence-electron chi connectivity index (χ4n) is 0.872. The van der Waals surface area contributed by atoms with Crippen LogP contribution in [0.5, 0.6) is 0 Å². The number of rotatable bonds is 0. The lowest BCUT2D eigenvalue weighted by molar-refractivity contribution is 0.384. The second kappa shape index (κ2) is 2.06. The third-order valence-electron chi connectivity index (χ3n) is 1.71. The lowest BCUT2D eigenvalue weighted by Crippen LogP contribution is -2.51. The Labute approximate surface area is 62.7 Å². The fourth-order valence-corrected chi connectivity index (χ4v) is 0.872. The average molecular weight is 140 g/mol. The summed E-state index contributed by atoms with van der Waals surface area (Å²) in [6, 6.07) is 0. The third-order valence-corrected chi connectivity index (χ3v) is 1.71. The van der Waals surface area contributed by atoms with E-state index < -0.39 is 0 Å². The van der Waals surface area contributed by atoms with Crippen molar-refractivity contribution in [2.75, 3.05) is 6.54 Å². The average Bonchev–Trinajstić information content (AvgIpc) is 1.79. The largest absolute Gasteiger partial charge is 0.305 e. The fraction of sp³-hybridized carbons (Fsp3) is 0.875. The highest BCUT2D eigenvalue weighted by Gasteiger charge is 2.26. The van der Waals surface area contributed by atoms with Gasteiger partial charge in [-0.25, -0.2) is 0 Å². The van der Waals surface area contributed by atoms with E-state index in [0.717, 1.165) is 6.54 Å². The maximum absolute atomic E-state index is 4.43. The van der Waals surface area contributed by atoms with Gasteiger partial charge in [-0.2, -0.15) is 0 Å². The number of aliphatic imine (C=N–C) groups is 1. The van der Waals surface area contributed by atoms with Gasteiger partial charge >= 0.3 is 0 Å². The first-order chi connectivity index (χ1) is 4.41. The molecule has 0 saturated heterocycles. The molecule has 2 nitrogen and oxygen atoms in total. The Kier molecular flexibility index (Phi) is 1.59. The van der Waals surface area contributed by atoms with Gasteiger partial charge < -0.3 is 5.32 Å². The van der Waals surface area contributed by atoms with Crippen LogP contribution in [-0.4, -0.2) is 23.8 Å². The van der Waals surface area contributed by atoms with Crippen LogP contribution in [0.4, 0.5) is 0 Å². The molecule has 1 aliphatic rings. The molecule has 1 aliphatic heterocycles. The molecule has 0 aromatic heterocycles. The SMILES string of the molecule is CC1(C)CNC(C)(C)C=N1. The van der Waals surface area contributed by atoms with Gasteiger partial charge in [0.25, 0.3) is 0 Å². The molecule has 0 aromatic carbocycles. The zero-order valence-electron chi connectivity index (χ0n) is 7.23. The Morgan fingerprint density at radius 3 is 2.20 bits per heavy atom. The summed E-state index contributed by atoms with van der Waals surface area (Å²) >= 11 is 0. The van der Waals surface area contributed by atoms with Crippen LogP contribution >= 0.6 is 0 Å². The molecule has 2 heteroatoms. The predicted octanol–water partition coefficient (Wildman–Crippen LogP) is 1.22. The van der Waals surface area contributed by atoms with Crippen LogP contribution in [0.2, 0.25) is 0 Å². The molecule has 0 amide bonds. The van der Waals surface area contributed by atoms with Crippen molar-refractivity contribution < 1.29 is 0 Å². The maximum atomic E-state index is 4.43. The van der Waals surface area contributed by atoms with Crippen LogP contribution in [0.25, 0.3) is 0 Å². The first-order valence-electron chi connectivity index (χ1n) is 3.73. The van der Waals surface area contributed by atoms with Crippen molar-refractivity contribution in [2.24, 2.45) is 4.99 Å². The minimum Gasteiger partial charge on any atom is -0.305 e. The summed E-state index contributed by atoms with van der Waals surface area (Å²) in [5.41, 5.74) is 0.186. The van der Waals surface area contributed by atoms with Gasteiger partial charge in [0, 0.05) is 18.3 Å². The van der Waals surface area contributed by atoms with E-state index in [9.17, 15) is 0 Å². The molecule has 0 aromatic rings. The van der Waals surface area contributed by atoms with E-state index >= 15 is 0 Å². The second-order valence-corrected chi connectivity index (χ2v) is 4.15. The number of nitrogens with zero attached hydrogens (tertiary/aromatic N) is 1. The maximum Gasteiger partial charge on any atom is 0.0673 e. The van der Waals surface area contributed by atoms with E-state index in [4.69, 9.17) is 0 Å². The van der Waals surface area contributed by atoms with Crippen molar-refractivity contribution in [1.29, 1.82) is 0 Å². The van der Waals surface area contributed by atoms with Gasteiger partial charge in [0.15, 0.2) is 0 Å². The molecule has 0 radical (unpaired) electrons. The molecule has 0 aliphatic carbocycles. The number of nitrogens with one attached hydrogen (secondary N) is 1. The standard InChI is InChI=1S/C8H16N2/c1-7(2)5-10-8(3,4)6-9-7/h5,9H,6H2,1-4H3. The molecule has 10 heavy (non-hydrogen) atoms.